The fourth-order valence-corrected chi connectivity index (χ4v) is 0. The molecule has 0 heterocycles. The van der Waals surface area contributed by atoms with Gasteiger partial charge < -0.3 is 6.15 Å². The molecule has 0 saturated heterocycles. The van der Waals surface area contributed by atoms with Crippen LogP contribution in [-0.2, 0) is 50.9 Å². The first-order chi connectivity index (χ1) is 0. The van der Waals surface area contributed by atoms with Crippen molar-refractivity contribution >= 4 is 0 Å². The van der Waals surface area contributed by atoms with Crippen molar-refractivity contribution in [3.8, 4) is 0 Å². The summed E-state index contributed by atoms with van der Waals surface area (Å²) in [6.07, 6.45) is 0. The summed E-state index contributed by atoms with van der Waals surface area (Å²) in [5, 5.41) is 0. The topological polar surface area (TPSA) is 35.0 Å². The van der Waals surface area contributed by atoms with Crippen molar-refractivity contribution in [2.75, 3.05) is 0 Å². The van der Waals surface area contributed by atoms with Gasteiger partial charge in [-0.05, 0) is 0 Å². The van der Waals surface area contributed by atoms with E-state index in [0.29, 0.717) is 0 Å². The molecule has 31 valence electrons. The Labute approximate surface area is 57.0 Å². The van der Waals surface area contributed by atoms with Crippen LogP contribution in [0, 0.1) is 0 Å². The maximum absolute atomic E-state index is 0. The molecule has 0 fully saturated rings. The summed E-state index contributed by atoms with van der Waals surface area (Å²) in [4.78, 5) is 0. The number of hydrogen-bond acceptors (Lipinski definition) is 1. The number of rotatable bonds is 0. The summed E-state index contributed by atoms with van der Waals surface area (Å²) in [5.74, 6) is 0. The van der Waals surface area contributed by atoms with E-state index in [0.717, 1.165) is 0 Å². The molecule has 0 bridgehead atoms. The van der Waals surface area contributed by atoms with Gasteiger partial charge in [-0.15, -0.1) is 0 Å². The Balaban J connectivity index is 0. The van der Waals surface area contributed by atoms with Gasteiger partial charge in [0.05, 0.1) is 0 Å². The van der Waals surface area contributed by atoms with Crippen LogP contribution in [0.5, 0.6) is 0 Å². The van der Waals surface area contributed by atoms with Crippen molar-refractivity contribution in [3.05, 3.63) is 0 Å². The average Bonchev–Trinajstić information content (AvgIpc) is 0. The third kappa shape index (κ3) is 9.71. The van der Waals surface area contributed by atoms with E-state index in [-0.39, 0.29) is 57.1 Å². The van der Waals surface area contributed by atoms with Crippen LogP contribution in [0.3, 0.4) is 0 Å². The van der Waals surface area contributed by atoms with Gasteiger partial charge in [-0.2, -0.15) is 0 Å². The van der Waals surface area contributed by atoms with Crippen LogP contribution in [0.15, 0.2) is 0 Å². The molecule has 0 unspecified atom stereocenters. The van der Waals surface area contributed by atoms with Crippen molar-refractivity contribution < 1.29 is 50.9 Å². The van der Waals surface area contributed by atoms with Gasteiger partial charge in [-0.1, -0.05) is 0 Å². The number of hydrogen-bond donors (Lipinski definition) is 1. The van der Waals surface area contributed by atoms with E-state index in [1.807, 2.05) is 0 Å². The predicted octanol–water partition coefficient (Wildman–Crippen LogP) is 0.154. The van der Waals surface area contributed by atoms with Gasteiger partial charge in [0.15, 0.2) is 0 Å². The van der Waals surface area contributed by atoms with Crippen LogP contribution < -0.4 is 6.15 Å². The van der Waals surface area contributed by atoms with E-state index in [1.54, 1.807) is 0 Å². The zero-order valence-corrected chi connectivity index (χ0v) is 5.25. The second kappa shape index (κ2) is 24.4. The maximum atomic E-state index is 0. The van der Waals surface area contributed by atoms with E-state index in [4.69, 9.17) is 0 Å². The molecule has 0 aromatic heterocycles. The van der Waals surface area contributed by atoms with Crippen molar-refractivity contribution in [1.29, 1.82) is 0 Å². The SMILES string of the molecule is N.[Cr].[Mn].[Ni]. The standard InChI is InChI=1S/Cr.Mn.H3N.Ni/h;;1H3;. The van der Waals surface area contributed by atoms with Gasteiger partial charge in [0, 0.05) is 50.9 Å². The summed E-state index contributed by atoms with van der Waals surface area (Å²) >= 11 is 0. The molecule has 0 spiro atoms. The predicted molar refractivity (Wildman–Crippen MR) is 5.02 cm³/mol. The molecule has 0 aromatic carbocycles. The third-order valence-corrected chi connectivity index (χ3v) is 0. The zero-order chi connectivity index (χ0) is 0. The molecule has 0 atom stereocenters. The van der Waals surface area contributed by atoms with Crippen LogP contribution in [0.2, 0.25) is 0 Å². The van der Waals surface area contributed by atoms with E-state index >= 15 is 0 Å². The van der Waals surface area contributed by atoms with Gasteiger partial charge in [-0.3, -0.25) is 0 Å². The van der Waals surface area contributed by atoms with Crippen molar-refractivity contribution in [2.45, 2.75) is 0 Å². The monoisotopic (exact) mass is 182 g/mol. The largest absolute Gasteiger partial charge is 0.344 e. The minimum absolute atomic E-state index is 0. The summed E-state index contributed by atoms with van der Waals surface area (Å²) in [7, 11) is 0. The molecular formula is H3CrMnNNi. The molecule has 1 radical (unpaired) electrons. The van der Waals surface area contributed by atoms with Crippen LogP contribution in [0.1, 0.15) is 0 Å². The zero-order valence-electron chi connectivity index (χ0n) is 1.81. The molecule has 4 heavy (non-hydrogen) atoms. The second-order valence-corrected chi connectivity index (χ2v) is 0. The normalized spacial score (nSPS) is 0. The Kier molecular flexibility index (Phi) is 301. The Morgan fingerprint density at radius 2 is 1.00 bits per heavy atom. The van der Waals surface area contributed by atoms with Crippen molar-refractivity contribution in [2.24, 2.45) is 0 Å². The molecule has 0 amide bonds. The Hall–Kier alpha value is 1.51. The molecule has 1 nitrogen and oxygen atoms in total. The fraction of sp³-hybridized carbons (Fsp3) is 0. The average molecular weight is 183 g/mol. The Morgan fingerprint density at radius 1 is 1.00 bits per heavy atom. The van der Waals surface area contributed by atoms with Crippen molar-refractivity contribution in [3.63, 3.8) is 0 Å². The molecule has 0 saturated carbocycles. The molecule has 0 aliphatic carbocycles. The van der Waals surface area contributed by atoms with Gasteiger partial charge in [0.1, 0.15) is 0 Å². The van der Waals surface area contributed by atoms with Gasteiger partial charge in [-0.25, -0.2) is 0 Å². The van der Waals surface area contributed by atoms with Crippen LogP contribution >= 0.6 is 0 Å². The van der Waals surface area contributed by atoms with E-state index in [2.05, 4.69) is 0 Å². The summed E-state index contributed by atoms with van der Waals surface area (Å²) in [6.45, 7) is 0. The van der Waals surface area contributed by atoms with E-state index in [1.165, 1.54) is 0 Å². The molecule has 0 rings (SSSR count). The first kappa shape index (κ1) is 49.3. The van der Waals surface area contributed by atoms with E-state index < -0.39 is 0 Å². The van der Waals surface area contributed by atoms with E-state index in [9.17, 15) is 0 Å². The van der Waals surface area contributed by atoms with Crippen LogP contribution in [0.25, 0.3) is 0 Å². The summed E-state index contributed by atoms with van der Waals surface area (Å²) < 4.78 is 0. The first-order valence-electron chi connectivity index (χ1n) is 0. The minimum atomic E-state index is 0. The minimum Gasteiger partial charge on any atom is -0.344 e. The third-order valence-electron chi connectivity index (χ3n) is 0. The second-order valence-electron chi connectivity index (χ2n) is 0. The van der Waals surface area contributed by atoms with Crippen molar-refractivity contribution in [1.82, 2.24) is 6.15 Å². The molecule has 0 aliphatic heterocycles. The quantitative estimate of drug-likeness (QED) is 0.532. The molecule has 0 aliphatic rings. The van der Waals surface area contributed by atoms with Gasteiger partial charge >= 0.3 is 0 Å². The molecule has 0 aromatic rings. The molecule has 4 heteroatoms. The van der Waals surface area contributed by atoms with Crippen LogP contribution in [0.4, 0.5) is 0 Å². The first-order valence-corrected chi connectivity index (χ1v) is 0. The van der Waals surface area contributed by atoms with Crippen LogP contribution in [-0.4, -0.2) is 0 Å². The Morgan fingerprint density at radius 3 is 1.00 bits per heavy atom. The summed E-state index contributed by atoms with van der Waals surface area (Å²) in [5.41, 5.74) is 0. The molecule has 3 N–H and O–H groups in total. The molecular weight excluding hydrogens is 180 g/mol. The van der Waals surface area contributed by atoms with Gasteiger partial charge in [0.2, 0.25) is 0 Å². The summed E-state index contributed by atoms with van der Waals surface area (Å²) in [6, 6.07) is 0. The Bertz CT molecular complexity index is 8.00. The fourth-order valence-electron chi connectivity index (χ4n) is 0. The van der Waals surface area contributed by atoms with Gasteiger partial charge in [0.25, 0.3) is 0 Å². The smallest absolute Gasteiger partial charge is 0 e. The maximum Gasteiger partial charge on any atom is 0 e.